The zero-order valence-corrected chi connectivity index (χ0v) is 14.3. The highest BCUT2D eigenvalue weighted by Gasteiger charge is 2.34. The number of aromatic nitrogens is 2. The molecular formula is C18H15ClN4O2. The molecule has 3 rings (SSSR count). The summed E-state index contributed by atoms with van der Waals surface area (Å²) >= 11 is 5.74. The number of fused-ring (bicyclic) bond motifs is 1. The highest BCUT2D eigenvalue weighted by atomic mass is 35.5. The number of rotatable bonds is 4. The van der Waals surface area contributed by atoms with Gasteiger partial charge in [-0.05, 0) is 30.2 Å². The van der Waals surface area contributed by atoms with E-state index in [1.165, 1.54) is 4.90 Å². The molecule has 7 heteroatoms. The molecule has 0 atom stereocenters. The molecule has 2 heterocycles. The van der Waals surface area contributed by atoms with Crippen LogP contribution in [-0.4, -0.2) is 40.3 Å². The molecule has 25 heavy (non-hydrogen) atoms. The second-order valence-corrected chi connectivity index (χ2v) is 5.70. The van der Waals surface area contributed by atoms with Gasteiger partial charge in [-0.25, -0.2) is 4.98 Å². The predicted molar refractivity (Wildman–Crippen MR) is 94.5 cm³/mol. The van der Waals surface area contributed by atoms with Gasteiger partial charge in [-0.3, -0.25) is 14.5 Å². The van der Waals surface area contributed by atoms with Crippen molar-refractivity contribution < 1.29 is 9.59 Å². The van der Waals surface area contributed by atoms with Crippen LogP contribution in [0.4, 0.5) is 5.82 Å². The van der Waals surface area contributed by atoms with Crippen molar-refractivity contribution in [2.24, 2.45) is 0 Å². The summed E-state index contributed by atoms with van der Waals surface area (Å²) in [5.74, 6) is 6.07. The molecule has 1 aromatic carbocycles. The third-order valence-electron chi connectivity index (χ3n) is 3.78. The number of unbranched alkanes of at least 4 members (excludes halogenated alkanes) is 1. The van der Waals surface area contributed by atoms with E-state index in [1.807, 2.05) is 0 Å². The van der Waals surface area contributed by atoms with E-state index >= 15 is 0 Å². The van der Waals surface area contributed by atoms with Crippen LogP contribution in [0.25, 0.3) is 0 Å². The minimum atomic E-state index is -0.239. The normalized spacial score (nSPS) is 12.6. The van der Waals surface area contributed by atoms with Crippen LogP contribution < -0.4 is 5.32 Å². The van der Waals surface area contributed by atoms with Gasteiger partial charge in [-0.15, -0.1) is 0 Å². The summed E-state index contributed by atoms with van der Waals surface area (Å²) in [6.45, 7) is 0.344. The van der Waals surface area contributed by atoms with E-state index in [1.54, 1.807) is 37.5 Å². The zero-order chi connectivity index (χ0) is 17.8. The lowest BCUT2D eigenvalue weighted by Crippen LogP contribution is -2.30. The number of halogens is 1. The second-order valence-electron chi connectivity index (χ2n) is 5.36. The van der Waals surface area contributed by atoms with Crippen LogP contribution in [0.2, 0.25) is 5.28 Å². The molecular weight excluding hydrogens is 340 g/mol. The van der Waals surface area contributed by atoms with Crippen molar-refractivity contribution in [3.05, 3.63) is 52.4 Å². The van der Waals surface area contributed by atoms with E-state index in [9.17, 15) is 9.59 Å². The van der Waals surface area contributed by atoms with Crippen molar-refractivity contribution in [1.82, 2.24) is 14.9 Å². The number of benzene rings is 1. The molecule has 2 aromatic rings. The first-order valence-electron chi connectivity index (χ1n) is 7.76. The average Bonchev–Trinajstić information content (AvgIpc) is 2.87. The van der Waals surface area contributed by atoms with Crippen molar-refractivity contribution in [3.8, 4) is 11.8 Å². The lowest BCUT2D eigenvalue weighted by molar-refractivity contribution is 0.0653. The number of nitrogens with one attached hydrogen (secondary N) is 1. The lowest BCUT2D eigenvalue weighted by atomic mass is 10.1. The second kappa shape index (κ2) is 7.32. The van der Waals surface area contributed by atoms with Gasteiger partial charge in [0.2, 0.25) is 5.28 Å². The van der Waals surface area contributed by atoms with Gasteiger partial charge in [0.05, 0.1) is 16.7 Å². The van der Waals surface area contributed by atoms with Gasteiger partial charge in [-0.1, -0.05) is 24.0 Å². The summed E-state index contributed by atoms with van der Waals surface area (Å²) in [6, 6.07) is 6.86. The Kier molecular flexibility index (Phi) is 4.96. The molecule has 0 aliphatic carbocycles. The van der Waals surface area contributed by atoms with Crippen molar-refractivity contribution >= 4 is 29.2 Å². The minimum absolute atomic E-state index is 0.153. The minimum Gasteiger partial charge on any atom is -0.372 e. The highest BCUT2D eigenvalue weighted by Crippen LogP contribution is 2.22. The Balaban J connectivity index is 1.59. The molecule has 0 radical (unpaired) electrons. The topological polar surface area (TPSA) is 75.2 Å². The molecule has 0 fully saturated rings. The van der Waals surface area contributed by atoms with Gasteiger partial charge in [0.25, 0.3) is 11.8 Å². The van der Waals surface area contributed by atoms with Crippen LogP contribution in [-0.2, 0) is 0 Å². The van der Waals surface area contributed by atoms with Gasteiger partial charge in [0.15, 0.2) is 0 Å². The molecule has 0 saturated carbocycles. The first-order chi connectivity index (χ1) is 12.1. The molecule has 0 unspecified atom stereocenters. The van der Waals surface area contributed by atoms with E-state index < -0.39 is 0 Å². The maximum Gasteiger partial charge on any atom is 0.261 e. The van der Waals surface area contributed by atoms with Crippen LogP contribution in [0.3, 0.4) is 0 Å². The quantitative estimate of drug-likeness (QED) is 0.395. The summed E-state index contributed by atoms with van der Waals surface area (Å²) in [6.07, 6.45) is 2.69. The van der Waals surface area contributed by atoms with E-state index in [2.05, 4.69) is 27.1 Å². The van der Waals surface area contributed by atoms with Gasteiger partial charge in [0, 0.05) is 26.2 Å². The first kappa shape index (κ1) is 16.9. The van der Waals surface area contributed by atoms with Gasteiger partial charge in [0.1, 0.15) is 5.82 Å². The molecule has 1 aliphatic rings. The van der Waals surface area contributed by atoms with Crippen LogP contribution in [0.15, 0.2) is 30.5 Å². The van der Waals surface area contributed by atoms with Gasteiger partial charge >= 0.3 is 0 Å². The summed E-state index contributed by atoms with van der Waals surface area (Å²) < 4.78 is 0. The fraction of sp³-hybridized carbons (Fsp3) is 0.222. The maximum absolute atomic E-state index is 12.2. The molecule has 126 valence electrons. The Labute approximate surface area is 150 Å². The summed E-state index contributed by atoms with van der Waals surface area (Å²) in [5.41, 5.74) is 1.58. The molecule has 2 amide bonds. The maximum atomic E-state index is 12.2. The van der Waals surface area contributed by atoms with Crippen LogP contribution in [0, 0.1) is 11.8 Å². The number of carbonyl (C=O) groups excluding carboxylic acids is 2. The lowest BCUT2D eigenvalue weighted by Gasteiger charge is -2.12. The monoisotopic (exact) mass is 354 g/mol. The molecule has 1 aliphatic heterocycles. The highest BCUT2D eigenvalue weighted by molar-refractivity contribution is 6.28. The van der Waals surface area contributed by atoms with Crippen LogP contribution >= 0.6 is 11.6 Å². The SMILES string of the molecule is CNc1nc(Cl)ncc1C#CCCCN1C(=O)c2ccccc2C1=O. The number of amides is 2. The number of hydrogen-bond donors (Lipinski definition) is 1. The van der Waals surface area contributed by atoms with Crippen LogP contribution in [0.5, 0.6) is 0 Å². The van der Waals surface area contributed by atoms with Gasteiger partial charge in [-0.2, -0.15) is 4.98 Å². The largest absolute Gasteiger partial charge is 0.372 e. The molecule has 0 spiro atoms. The Morgan fingerprint density at radius 1 is 1.20 bits per heavy atom. The van der Waals surface area contributed by atoms with E-state index in [0.717, 1.165) is 0 Å². The Bertz CT molecular complexity index is 866. The molecule has 1 N–H and O–H groups in total. The Hall–Kier alpha value is -2.91. The summed E-state index contributed by atoms with van der Waals surface area (Å²) in [4.78, 5) is 33.7. The predicted octanol–water partition coefficient (Wildman–Crippen LogP) is 2.60. The van der Waals surface area contributed by atoms with Crippen LogP contribution in [0.1, 0.15) is 39.1 Å². The average molecular weight is 355 g/mol. The van der Waals surface area contributed by atoms with Crippen molar-refractivity contribution in [2.75, 3.05) is 18.9 Å². The number of nitrogens with zero attached hydrogens (tertiary/aromatic N) is 3. The zero-order valence-electron chi connectivity index (χ0n) is 13.5. The molecule has 1 aromatic heterocycles. The number of carbonyl (C=O) groups is 2. The smallest absolute Gasteiger partial charge is 0.261 e. The first-order valence-corrected chi connectivity index (χ1v) is 8.14. The Morgan fingerprint density at radius 3 is 2.52 bits per heavy atom. The fourth-order valence-electron chi connectivity index (χ4n) is 2.57. The van der Waals surface area contributed by atoms with Gasteiger partial charge < -0.3 is 5.32 Å². The number of anilines is 1. The van der Waals surface area contributed by atoms with E-state index in [-0.39, 0.29) is 17.1 Å². The third kappa shape index (κ3) is 3.47. The van der Waals surface area contributed by atoms with E-state index in [4.69, 9.17) is 11.6 Å². The number of imide groups is 1. The Morgan fingerprint density at radius 2 is 1.88 bits per heavy atom. The van der Waals surface area contributed by atoms with Crippen molar-refractivity contribution in [1.29, 1.82) is 0 Å². The summed E-state index contributed by atoms with van der Waals surface area (Å²) in [7, 11) is 1.73. The summed E-state index contributed by atoms with van der Waals surface area (Å²) in [5, 5.41) is 3.06. The van der Waals surface area contributed by atoms with E-state index in [0.29, 0.717) is 41.9 Å². The van der Waals surface area contributed by atoms with Crippen molar-refractivity contribution in [3.63, 3.8) is 0 Å². The molecule has 0 saturated heterocycles. The third-order valence-corrected chi connectivity index (χ3v) is 3.96. The molecule has 0 bridgehead atoms. The van der Waals surface area contributed by atoms with Crippen molar-refractivity contribution in [2.45, 2.75) is 12.8 Å². The molecule has 6 nitrogen and oxygen atoms in total. The number of hydrogen-bond acceptors (Lipinski definition) is 5. The fourth-order valence-corrected chi connectivity index (χ4v) is 2.70. The standard InChI is InChI=1S/C18H15ClN4O2/c1-20-15-12(11-21-18(19)22-15)7-3-2-6-10-23-16(24)13-8-4-5-9-14(13)17(23)25/h4-5,8-9,11H,2,6,10H2,1H3,(H,20,21,22).